The molecule has 4 nitrogen and oxygen atoms in total. The highest BCUT2D eigenvalue weighted by atomic mass is 19.4. The van der Waals surface area contributed by atoms with Crippen molar-refractivity contribution in [1.29, 1.82) is 0 Å². The number of amides is 1. The first-order chi connectivity index (χ1) is 15.6. The number of carbonyl (C=O) groups is 2. The van der Waals surface area contributed by atoms with E-state index in [1.165, 1.54) is 36.4 Å². The topological polar surface area (TPSA) is 57.6 Å². The first-order valence-electron chi connectivity index (χ1n) is 9.89. The Morgan fingerprint density at radius 1 is 0.939 bits per heavy atom. The monoisotopic (exact) mass is 455 g/mol. The molecule has 3 aromatic rings. The summed E-state index contributed by atoms with van der Waals surface area (Å²) in [6, 6.07) is 14.1. The summed E-state index contributed by atoms with van der Waals surface area (Å²) in [4.78, 5) is 26.8. The Balaban J connectivity index is 1.97. The molecule has 33 heavy (non-hydrogen) atoms. The van der Waals surface area contributed by atoms with Crippen LogP contribution < -0.4 is 4.90 Å². The molecule has 0 saturated carbocycles. The molecule has 1 heterocycles. The van der Waals surface area contributed by atoms with Gasteiger partial charge in [0.05, 0.1) is 17.2 Å². The molecule has 0 radical (unpaired) electrons. The molecule has 0 spiro atoms. The summed E-state index contributed by atoms with van der Waals surface area (Å²) in [5, 5.41) is 10.9. The molecule has 1 aliphatic rings. The Morgan fingerprint density at radius 3 is 2.24 bits per heavy atom. The zero-order valence-electron chi connectivity index (χ0n) is 17.2. The summed E-state index contributed by atoms with van der Waals surface area (Å²) in [6.45, 7) is 1.82. The third-order valence-corrected chi connectivity index (χ3v) is 5.42. The summed E-state index contributed by atoms with van der Waals surface area (Å²) < 4.78 is 54.7. The molecule has 1 atom stereocenters. The van der Waals surface area contributed by atoms with Crippen LogP contribution in [0.2, 0.25) is 0 Å². The number of carbonyl (C=O) groups excluding carboxylic acids is 2. The minimum Gasteiger partial charge on any atom is -0.507 e. The Kier molecular flexibility index (Phi) is 5.53. The fraction of sp³-hybridized carbons (Fsp3) is 0.120. The van der Waals surface area contributed by atoms with Gasteiger partial charge in [-0.15, -0.1) is 0 Å². The fourth-order valence-corrected chi connectivity index (χ4v) is 3.79. The van der Waals surface area contributed by atoms with Crippen LogP contribution in [0.1, 0.15) is 28.3 Å². The number of halogens is 4. The van der Waals surface area contributed by atoms with E-state index < -0.39 is 46.6 Å². The van der Waals surface area contributed by atoms with E-state index in [0.29, 0.717) is 6.07 Å². The lowest BCUT2D eigenvalue weighted by atomic mass is 9.94. The number of alkyl halides is 3. The Hall–Kier alpha value is -3.94. The lowest BCUT2D eigenvalue weighted by Gasteiger charge is -2.26. The molecular formula is C25H17F4NO3. The van der Waals surface area contributed by atoms with Gasteiger partial charge in [0.15, 0.2) is 0 Å². The number of nitrogens with zero attached hydrogens (tertiary/aromatic N) is 1. The maximum Gasteiger partial charge on any atom is 0.416 e. The second-order valence-corrected chi connectivity index (χ2v) is 7.60. The number of Topliss-reactive ketones (excluding diaryl/α,β-unsaturated/α-hetero) is 1. The zero-order valence-corrected chi connectivity index (χ0v) is 17.2. The van der Waals surface area contributed by atoms with Crippen molar-refractivity contribution >= 4 is 23.1 Å². The highest BCUT2D eigenvalue weighted by molar-refractivity contribution is 6.51. The van der Waals surface area contributed by atoms with Gasteiger partial charge in [-0.3, -0.25) is 14.5 Å². The number of aliphatic hydroxyl groups excluding tert-OH is 1. The van der Waals surface area contributed by atoms with Crippen molar-refractivity contribution < 1.29 is 32.3 Å². The summed E-state index contributed by atoms with van der Waals surface area (Å²) in [5.41, 5.74) is -0.740. The number of anilines is 1. The van der Waals surface area contributed by atoms with Crippen LogP contribution in [0.3, 0.4) is 0 Å². The fourth-order valence-electron chi connectivity index (χ4n) is 3.79. The quantitative estimate of drug-likeness (QED) is 0.236. The predicted molar refractivity (Wildman–Crippen MR) is 114 cm³/mol. The molecule has 8 heteroatoms. The number of ketones is 1. The number of hydrogen-bond donors (Lipinski definition) is 1. The summed E-state index contributed by atoms with van der Waals surface area (Å²) in [6.07, 6.45) is -4.70. The van der Waals surface area contributed by atoms with Gasteiger partial charge >= 0.3 is 6.18 Å². The van der Waals surface area contributed by atoms with Crippen molar-refractivity contribution in [2.24, 2.45) is 0 Å². The van der Waals surface area contributed by atoms with Crippen molar-refractivity contribution in [2.45, 2.75) is 19.1 Å². The highest BCUT2D eigenvalue weighted by Crippen LogP contribution is 2.44. The molecule has 0 unspecified atom stereocenters. The molecule has 1 aliphatic heterocycles. The largest absolute Gasteiger partial charge is 0.507 e. The molecule has 4 rings (SSSR count). The van der Waals surface area contributed by atoms with Gasteiger partial charge in [0.2, 0.25) is 0 Å². The van der Waals surface area contributed by atoms with Gasteiger partial charge < -0.3 is 5.11 Å². The summed E-state index contributed by atoms with van der Waals surface area (Å²) in [5.74, 6) is -3.62. The normalized spacial score (nSPS) is 18.1. The molecular weight excluding hydrogens is 438 g/mol. The zero-order chi connectivity index (χ0) is 23.9. The van der Waals surface area contributed by atoms with Crippen molar-refractivity contribution in [3.63, 3.8) is 0 Å². The van der Waals surface area contributed by atoms with Crippen LogP contribution in [0, 0.1) is 12.7 Å². The maximum absolute atomic E-state index is 14.8. The van der Waals surface area contributed by atoms with Crippen LogP contribution in [0.4, 0.5) is 23.2 Å². The minimum absolute atomic E-state index is 0.136. The van der Waals surface area contributed by atoms with Crippen molar-refractivity contribution in [1.82, 2.24) is 0 Å². The standard InChI is InChI=1S/C25H17F4NO3/c1-14-9-11-15(12-10-14)22(31)20-21(18-7-2-3-8-19(18)26)30(24(33)23(20)32)17-6-4-5-16(13-17)25(27,28)29/h2-13,21,31H,1H3/t21-/m0/s1. The number of hydrogen-bond acceptors (Lipinski definition) is 3. The molecule has 1 fully saturated rings. The van der Waals surface area contributed by atoms with E-state index in [4.69, 9.17) is 0 Å². The van der Waals surface area contributed by atoms with Crippen LogP contribution in [0.25, 0.3) is 5.76 Å². The SMILES string of the molecule is Cc1ccc(C(O)=C2C(=O)C(=O)N(c3cccc(C(F)(F)F)c3)[C@H]2c2ccccc2F)cc1. The number of aryl methyl sites for hydroxylation is 1. The van der Waals surface area contributed by atoms with Gasteiger partial charge in [0.1, 0.15) is 11.6 Å². The van der Waals surface area contributed by atoms with Gasteiger partial charge in [-0.25, -0.2) is 4.39 Å². The number of aliphatic hydroxyl groups is 1. The smallest absolute Gasteiger partial charge is 0.416 e. The first kappa shape index (κ1) is 22.3. The average molecular weight is 455 g/mol. The van der Waals surface area contributed by atoms with Crippen molar-refractivity contribution in [3.05, 3.63) is 106 Å². The number of benzene rings is 3. The second kappa shape index (κ2) is 8.20. The molecule has 0 aliphatic carbocycles. The minimum atomic E-state index is -4.70. The average Bonchev–Trinajstić information content (AvgIpc) is 3.04. The summed E-state index contributed by atoms with van der Waals surface area (Å²) in [7, 11) is 0. The van der Waals surface area contributed by atoms with Gasteiger partial charge in [0, 0.05) is 16.8 Å². The van der Waals surface area contributed by atoms with Crippen LogP contribution in [-0.2, 0) is 15.8 Å². The van der Waals surface area contributed by atoms with E-state index in [9.17, 15) is 32.3 Å². The molecule has 0 bridgehead atoms. The molecule has 1 N–H and O–H groups in total. The Bertz CT molecular complexity index is 1280. The van der Waals surface area contributed by atoms with Gasteiger partial charge in [-0.1, -0.05) is 54.1 Å². The molecule has 1 saturated heterocycles. The molecule has 3 aromatic carbocycles. The Morgan fingerprint density at radius 2 is 1.61 bits per heavy atom. The van der Waals surface area contributed by atoms with Crippen LogP contribution in [0.5, 0.6) is 0 Å². The van der Waals surface area contributed by atoms with Crippen molar-refractivity contribution in [3.8, 4) is 0 Å². The molecule has 168 valence electrons. The predicted octanol–water partition coefficient (Wildman–Crippen LogP) is 5.78. The van der Waals surface area contributed by atoms with Crippen molar-refractivity contribution in [2.75, 3.05) is 4.90 Å². The highest BCUT2D eigenvalue weighted by Gasteiger charge is 2.48. The van der Waals surface area contributed by atoms with Gasteiger partial charge in [0.25, 0.3) is 11.7 Å². The van der Waals surface area contributed by atoms with E-state index in [-0.39, 0.29) is 16.8 Å². The van der Waals surface area contributed by atoms with Gasteiger partial charge in [-0.05, 0) is 31.2 Å². The lowest BCUT2D eigenvalue weighted by molar-refractivity contribution is -0.137. The molecule has 1 amide bonds. The number of rotatable bonds is 3. The van der Waals surface area contributed by atoms with Crippen LogP contribution in [0.15, 0.2) is 78.4 Å². The van der Waals surface area contributed by atoms with E-state index in [1.54, 1.807) is 12.1 Å². The van der Waals surface area contributed by atoms with Crippen LogP contribution in [-0.4, -0.2) is 16.8 Å². The van der Waals surface area contributed by atoms with Crippen LogP contribution >= 0.6 is 0 Å². The molecule has 0 aromatic heterocycles. The third kappa shape index (κ3) is 4.00. The van der Waals surface area contributed by atoms with E-state index in [2.05, 4.69) is 0 Å². The maximum atomic E-state index is 14.8. The van der Waals surface area contributed by atoms with Gasteiger partial charge in [-0.2, -0.15) is 13.2 Å². The van der Waals surface area contributed by atoms with E-state index in [1.807, 2.05) is 6.92 Å². The third-order valence-electron chi connectivity index (χ3n) is 5.42. The lowest BCUT2D eigenvalue weighted by Crippen LogP contribution is -2.30. The Labute approximate surface area is 186 Å². The second-order valence-electron chi connectivity index (χ2n) is 7.60. The first-order valence-corrected chi connectivity index (χ1v) is 9.89. The van der Waals surface area contributed by atoms with E-state index >= 15 is 0 Å². The summed E-state index contributed by atoms with van der Waals surface area (Å²) >= 11 is 0. The van der Waals surface area contributed by atoms with E-state index in [0.717, 1.165) is 28.7 Å².